The van der Waals surface area contributed by atoms with Gasteiger partial charge < -0.3 is 15.4 Å². The third-order valence-corrected chi connectivity index (χ3v) is 2.26. The Balaban J connectivity index is 2.28. The predicted octanol–water partition coefficient (Wildman–Crippen LogP) is 1.04. The van der Waals surface area contributed by atoms with Crippen LogP contribution in [0.15, 0.2) is 28.8 Å². The number of aliphatic hydroxyl groups is 1. The molecule has 1 heterocycles. The average Bonchev–Trinajstić information content (AvgIpc) is 2.78. The molecule has 0 radical (unpaired) electrons. The van der Waals surface area contributed by atoms with E-state index in [4.69, 9.17) is 10.3 Å². The van der Waals surface area contributed by atoms with Crippen LogP contribution in [-0.4, -0.2) is 21.8 Å². The lowest BCUT2D eigenvalue weighted by Crippen LogP contribution is -2.11. The molecule has 0 saturated heterocycles. The summed E-state index contributed by atoms with van der Waals surface area (Å²) in [4.78, 5) is 4.07. The van der Waals surface area contributed by atoms with Crippen molar-refractivity contribution in [1.82, 2.24) is 10.1 Å². The van der Waals surface area contributed by atoms with Crippen molar-refractivity contribution in [2.75, 3.05) is 6.54 Å². The fraction of sp³-hybridized carbons (Fsp3) is 0.273. The summed E-state index contributed by atoms with van der Waals surface area (Å²) in [6, 6.07) is 7.73. The molecule has 5 heteroatoms. The monoisotopic (exact) mass is 219 g/mol. The van der Waals surface area contributed by atoms with E-state index in [1.807, 2.05) is 31.2 Å². The number of hydrogen-bond donors (Lipinski definition) is 2. The lowest BCUT2D eigenvalue weighted by Gasteiger charge is -1.98. The molecule has 1 atom stereocenters. The van der Waals surface area contributed by atoms with Crippen molar-refractivity contribution >= 4 is 0 Å². The highest BCUT2D eigenvalue weighted by Crippen LogP contribution is 2.18. The molecule has 1 aromatic heterocycles. The van der Waals surface area contributed by atoms with Crippen LogP contribution in [0.4, 0.5) is 0 Å². The summed E-state index contributed by atoms with van der Waals surface area (Å²) in [5.41, 5.74) is 7.31. The summed E-state index contributed by atoms with van der Waals surface area (Å²) in [5.74, 6) is 0.612. The second-order valence-electron chi connectivity index (χ2n) is 3.57. The molecule has 2 rings (SSSR count). The second-order valence-corrected chi connectivity index (χ2v) is 3.57. The Labute approximate surface area is 92.9 Å². The highest BCUT2D eigenvalue weighted by Gasteiger charge is 2.14. The van der Waals surface area contributed by atoms with Gasteiger partial charge in [0.25, 0.3) is 5.89 Å². The zero-order valence-electron chi connectivity index (χ0n) is 8.92. The number of benzene rings is 1. The van der Waals surface area contributed by atoms with E-state index in [0.29, 0.717) is 5.82 Å². The van der Waals surface area contributed by atoms with Crippen molar-refractivity contribution in [2.24, 2.45) is 5.73 Å². The van der Waals surface area contributed by atoms with Crippen LogP contribution in [0.25, 0.3) is 11.4 Å². The van der Waals surface area contributed by atoms with Gasteiger partial charge in [-0.1, -0.05) is 35.0 Å². The molecule has 0 spiro atoms. The molecule has 0 unspecified atom stereocenters. The maximum absolute atomic E-state index is 9.41. The largest absolute Gasteiger partial charge is 0.382 e. The van der Waals surface area contributed by atoms with Crippen LogP contribution >= 0.6 is 0 Å². The minimum absolute atomic E-state index is 0.0650. The molecule has 16 heavy (non-hydrogen) atoms. The Kier molecular flexibility index (Phi) is 2.98. The zero-order valence-corrected chi connectivity index (χ0v) is 8.92. The van der Waals surface area contributed by atoms with E-state index >= 15 is 0 Å². The van der Waals surface area contributed by atoms with Crippen molar-refractivity contribution in [1.29, 1.82) is 0 Å². The summed E-state index contributed by atoms with van der Waals surface area (Å²) in [6.45, 7) is 2.07. The highest BCUT2D eigenvalue weighted by atomic mass is 16.5. The summed E-state index contributed by atoms with van der Waals surface area (Å²) in [7, 11) is 0. The molecule has 0 aliphatic carbocycles. The molecule has 84 valence electrons. The van der Waals surface area contributed by atoms with Gasteiger partial charge >= 0.3 is 0 Å². The first-order valence-electron chi connectivity index (χ1n) is 4.99. The Morgan fingerprint density at radius 3 is 2.69 bits per heavy atom. The molecule has 0 aliphatic rings. The fourth-order valence-corrected chi connectivity index (χ4v) is 1.29. The number of nitrogens with two attached hydrogens (primary N) is 1. The van der Waals surface area contributed by atoms with Gasteiger partial charge in [0.1, 0.15) is 6.10 Å². The minimum atomic E-state index is -0.897. The maximum atomic E-state index is 9.41. The Morgan fingerprint density at radius 2 is 2.06 bits per heavy atom. The number of nitrogens with zero attached hydrogens (tertiary/aromatic N) is 2. The zero-order chi connectivity index (χ0) is 11.5. The number of hydrogen-bond acceptors (Lipinski definition) is 5. The average molecular weight is 219 g/mol. The van der Waals surface area contributed by atoms with E-state index < -0.39 is 6.10 Å². The van der Waals surface area contributed by atoms with Crippen molar-refractivity contribution in [3.63, 3.8) is 0 Å². The molecule has 0 aliphatic heterocycles. The predicted molar refractivity (Wildman–Crippen MR) is 58.5 cm³/mol. The van der Waals surface area contributed by atoms with E-state index in [1.165, 1.54) is 0 Å². The summed E-state index contributed by atoms with van der Waals surface area (Å²) >= 11 is 0. The van der Waals surface area contributed by atoms with Crippen molar-refractivity contribution in [3.05, 3.63) is 35.7 Å². The third-order valence-electron chi connectivity index (χ3n) is 2.26. The molecule has 5 nitrogen and oxygen atoms in total. The molecule has 0 saturated carbocycles. The second kappa shape index (κ2) is 4.42. The fourth-order valence-electron chi connectivity index (χ4n) is 1.29. The van der Waals surface area contributed by atoms with E-state index in [1.54, 1.807) is 0 Å². The van der Waals surface area contributed by atoms with Gasteiger partial charge in [0.15, 0.2) is 0 Å². The SMILES string of the molecule is Cc1ccc(-c2noc([C@@H](O)CN)n2)cc1. The van der Waals surface area contributed by atoms with E-state index in [0.717, 1.165) is 11.1 Å². The van der Waals surface area contributed by atoms with E-state index in [9.17, 15) is 5.11 Å². The van der Waals surface area contributed by atoms with Gasteiger partial charge in [0.05, 0.1) is 0 Å². The normalized spacial score (nSPS) is 12.7. The smallest absolute Gasteiger partial charge is 0.257 e. The molecule has 0 amide bonds. The molecule has 2 aromatic rings. The van der Waals surface area contributed by atoms with Crippen LogP contribution in [0.5, 0.6) is 0 Å². The van der Waals surface area contributed by atoms with Gasteiger partial charge in [-0.3, -0.25) is 0 Å². The lowest BCUT2D eigenvalue weighted by molar-refractivity contribution is 0.141. The Hall–Kier alpha value is -1.72. The standard InChI is InChI=1S/C11H13N3O2/c1-7-2-4-8(5-3-7)10-13-11(16-14-10)9(15)6-12/h2-5,9,15H,6,12H2,1H3/t9-/m0/s1. The molecular formula is C11H13N3O2. The third kappa shape index (κ3) is 2.10. The summed E-state index contributed by atoms with van der Waals surface area (Å²) in [6.07, 6.45) is -0.897. The van der Waals surface area contributed by atoms with Crippen LogP contribution in [0.1, 0.15) is 17.6 Å². The van der Waals surface area contributed by atoms with Gasteiger partial charge in [0.2, 0.25) is 5.82 Å². The van der Waals surface area contributed by atoms with Crippen molar-refractivity contribution < 1.29 is 9.63 Å². The molecule has 0 bridgehead atoms. The maximum Gasteiger partial charge on any atom is 0.257 e. The van der Waals surface area contributed by atoms with Crippen LogP contribution in [0, 0.1) is 6.92 Å². The number of rotatable bonds is 3. The Morgan fingerprint density at radius 1 is 1.38 bits per heavy atom. The van der Waals surface area contributed by atoms with Crippen LogP contribution in [-0.2, 0) is 0 Å². The number of aliphatic hydroxyl groups excluding tert-OH is 1. The van der Waals surface area contributed by atoms with Crippen LogP contribution in [0.3, 0.4) is 0 Å². The van der Waals surface area contributed by atoms with Crippen LogP contribution in [0.2, 0.25) is 0 Å². The van der Waals surface area contributed by atoms with E-state index in [2.05, 4.69) is 10.1 Å². The van der Waals surface area contributed by atoms with Crippen LogP contribution < -0.4 is 5.73 Å². The van der Waals surface area contributed by atoms with Gasteiger partial charge in [-0.15, -0.1) is 0 Å². The first kappa shape index (κ1) is 10.8. The van der Waals surface area contributed by atoms with Gasteiger partial charge in [-0.05, 0) is 6.92 Å². The van der Waals surface area contributed by atoms with Gasteiger partial charge in [-0.25, -0.2) is 0 Å². The molecule has 0 fully saturated rings. The molecule has 1 aromatic carbocycles. The first-order valence-corrected chi connectivity index (χ1v) is 4.99. The van der Waals surface area contributed by atoms with Gasteiger partial charge in [-0.2, -0.15) is 4.98 Å². The first-order chi connectivity index (χ1) is 7.70. The summed E-state index contributed by atoms with van der Waals surface area (Å²) in [5, 5.41) is 13.2. The van der Waals surface area contributed by atoms with E-state index in [-0.39, 0.29) is 12.4 Å². The summed E-state index contributed by atoms with van der Waals surface area (Å²) < 4.78 is 4.91. The number of aromatic nitrogens is 2. The topological polar surface area (TPSA) is 85.2 Å². The van der Waals surface area contributed by atoms with Crippen molar-refractivity contribution in [2.45, 2.75) is 13.0 Å². The Bertz CT molecular complexity index is 464. The van der Waals surface area contributed by atoms with Crippen molar-refractivity contribution in [3.8, 4) is 11.4 Å². The van der Waals surface area contributed by atoms with Gasteiger partial charge in [0, 0.05) is 12.1 Å². The quantitative estimate of drug-likeness (QED) is 0.805. The lowest BCUT2D eigenvalue weighted by atomic mass is 10.1. The molecule has 3 N–H and O–H groups in total. The minimum Gasteiger partial charge on any atom is -0.382 e. The highest BCUT2D eigenvalue weighted by molar-refractivity contribution is 5.54. The molecular weight excluding hydrogens is 206 g/mol. The number of aryl methyl sites for hydroxylation is 1.